The zero-order valence-corrected chi connectivity index (χ0v) is 14.2. The maximum absolute atomic E-state index is 13.2. The second kappa shape index (κ2) is 6.62. The Kier molecular flexibility index (Phi) is 4.74. The number of hydrogen-bond acceptors (Lipinski definition) is 3. The lowest BCUT2D eigenvalue weighted by Gasteiger charge is -2.48. The van der Waals surface area contributed by atoms with Crippen molar-refractivity contribution in [2.45, 2.75) is 45.6 Å². The number of rotatable bonds is 2. The molecule has 3 rings (SSSR count). The van der Waals surface area contributed by atoms with Crippen LogP contribution in [0.4, 0.5) is 0 Å². The smallest absolute Gasteiger partial charge is 0.254 e. The molecule has 1 N–H and O–H groups in total. The number of aliphatic hydroxyl groups is 1. The van der Waals surface area contributed by atoms with E-state index < -0.39 is 0 Å². The van der Waals surface area contributed by atoms with Crippen molar-refractivity contribution in [3.63, 3.8) is 0 Å². The van der Waals surface area contributed by atoms with Gasteiger partial charge in [-0.2, -0.15) is 0 Å². The molecule has 126 valence electrons. The Morgan fingerprint density at radius 2 is 2.04 bits per heavy atom. The SMILES string of the molecule is Cc1cccc(C(=O)N2CC3(CCOCC3)CCC2CO)c1C. The minimum atomic E-state index is -0.0594. The first-order valence-corrected chi connectivity index (χ1v) is 8.62. The van der Waals surface area contributed by atoms with Gasteiger partial charge in [0.1, 0.15) is 0 Å². The van der Waals surface area contributed by atoms with Crippen LogP contribution in [-0.2, 0) is 4.74 Å². The fourth-order valence-electron chi connectivity index (χ4n) is 3.98. The quantitative estimate of drug-likeness (QED) is 0.912. The first kappa shape index (κ1) is 16.5. The molecule has 1 amide bonds. The maximum Gasteiger partial charge on any atom is 0.254 e. The van der Waals surface area contributed by atoms with Crippen molar-refractivity contribution < 1.29 is 14.6 Å². The number of carbonyl (C=O) groups excluding carboxylic acids is 1. The Bertz CT molecular complexity index is 578. The number of aryl methyl sites for hydroxylation is 1. The minimum Gasteiger partial charge on any atom is -0.394 e. The minimum absolute atomic E-state index is 0.0448. The Morgan fingerprint density at radius 3 is 2.74 bits per heavy atom. The van der Waals surface area contributed by atoms with Gasteiger partial charge in [-0.3, -0.25) is 4.79 Å². The van der Waals surface area contributed by atoms with E-state index in [0.29, 0.717) is 0 Å². The molecule has 4 heteroatoms. The standard InChI is InChI=1S/C19H27NO3/c1-14-4-3-5-17(15(14)2)18(22)20-13-19(7-6-16(20)12-21)8-10-23-11-9-19/h3-5,16,21H,6-13H2,1-2H3. The van der Waals surface area contributed by atoms with Gasteiger partial charge in [0.2, 0.25) is 0 Å². The molecule has 1 aromatic carbocycles. The van der Waals surface area contributed by atoms with Crippen molar-refractivity contribution in [2.75, 3.05) is 26.4 Å². The summed E-state index contributed by atoms with van der Waals surface area (Å²) in [5.74, 6) is 0.0656. The van der Waals surface area contributed by atoms with E-state index in [-0.39, 0.29) is 24.0 Å². The van der Waals surface area contributed by atoms with Crippen molar-refractivity contribution in [2.24, 2.45) is 5.41 Å². The van der Waals surface area contributed by atoms with E-state index in [4.69, 9.17) is 4.74 Å². The summed E-state index contributed by atoms with van der Waals surface area (Å²) in [6.45, 7) is 6.40. The molecular formula is C19H27NO3. The van der Waals surface area contributed by atoms with E-state index in [1.807, 2.05) is 36.9 Å². The number of ether oxygens (including phenoxy) is 1. The second-order valence-electron chi connectivity index (χ2n) is 7.17. The van der Waals surface area contributed by atoms with Crippen LogP contribution in [0.2, 0.25) is 0 Å². The van der Waals surface area contributed by atoms with Crippen molar-refractivity contribution in [1.82, 2.24) is 4.90 Å². The van der Waals surface area contributed by atoms with Crippen LogP contribution < -0.4 is 0 Å². The summed E-state index contributed by atoms with van der Waals surface area (Å²) in [7, 11) is 0. The summed E-state index contributed by atoms with van der Waals surface area (Å²) in [5.41, 5.74) is 3.12. The van der Waals surface area contributed by atoms with Gasteiger partial charge >= 0.3 is 0 Å². The third kappa shape index (κ3) is 3.15. The molecule has 0 aliphatic carbocycles. The number of nitrogens with zero attached hydrogens (tertiary/aromatic N) is 1. The molecular weight excluding hydrogens is 290 g/mol. The maximum atomic E-state index is 13.2. The molecule has 23 heavy (non-hydrogen) atoms. The number of hydrogen-bond donors (Lipinski definition) is 1. The van der Waals surface area contributed by atoms with E-state index in [1.54, 1.807) is 0 Å². The number of aliphatic hydroxyl groups excluding tert-OH is 1. The van der Waals surface area contributed by atoms with Crippen LogP contribution in [0.15, 0.2) is 18.2 Å². The number of piperidine rings is 1. The lowest BCUT2D eigenvalue weighted by Crippen LogP contribution is -2.54. The van der Waals surface area contributed by atoms with Crippen LogP contribution in [0.3, 0.4) is 0 Å². The van der Waals surface area contributed by atoms with E-state index in [9.17, 15) is 9.90 Å². The molecule has 1 aromatic rings. The second-order valence-corrected chi connectivity index (χ2v) is 7.17. The van der Waals surface area contributed by atoms with E-state index in [0.717, 1.165) is 62.1 Å². The summed E-state index contributed by atoms with van der Waals surface area (Å²) >= 11 is 0. The van der Waals surface area contributed by atoms with Crippen LogP contribution >= 0.6 is 0 Å². The average molecular weight is 317 g/mol. The summed E-state index contributed by atoms with van der Waals surface area (Å²) in [5, 5.41) is 9.75. The largest absolute Gasteiger partial charge is 0.394 e. The van der Waals surface area contributed by atoms with E-state index >= 15 is 0 Å². The number of amides is 1. The van der Waals surface area contributed by atoms with Crippen molar-refractivity contribution in [3.05, 3.63) is 34.9 Å². The Labute approximate surface area is 138 Å². The zero-order chi connectivity index (χ0) is 16.4. The molecule has 2 fully saturated rings. The Hall–Kier alpha value is -1.39. The highest BCUT2D eigenvalue weighted by Crippen LogP contribution is 2.41. The fraction of sp³-hybridized carbons (Fsp3) is 0.632. The highest BCUT2D eigenvalue weighted by molar-refractivity contribution is 5.96. The molecule has 1 unspecified atom stereocenters. The summed E-state index contributed by atoms with van der Waals surface area (Å²) < 4.78 is 5.51. The van der Waals surface area contributed by atoms with Crippen LogP contribution in [0.5, 0.6) is 0 Å². The molecule has 4 nitrogen and oxygen atoms in total. The number of benzene rings is 1. The summed E-state index contributed by atoms with van der Waals surface area (Å²) in [6, 6.07) is 5.82. The predicted molar refractivity (Wildman–Crippen MR) is 89.5 cm³/mol. The van der Waals surface area contributed by atoms with E-state index in [1.165, 1.54) is 0 Å². The summed E-state index contributed by atoms with van der Waals surface area (Å²) in [4.78, 5) is 15.1. The van der Waals surface area contributed by atoms with Gasteiger partial charge in [-0.25, -0.2) is 0 Å². The van der Waals surface area contributed by atoms with Crippen LogP contribution in [0.1, 0.15) is 47.2 Å². The van der Waals surface area contributed by atoms with Crippen molar-refractivity contribution >= 4 is 5.91 Å². The molecule has 0 bridgehead atoms. The monoisotopic (exact) mass is 317 g/mol. The first-order chi connectivity index (χ1) is 11.1. The molecule has 1 atom stereocenters. The predicted octanol–water partition coefficient (Wildman–Crippen LogP) is 2.70. The van der Waals surface area contributed by atoms with Crippen LogP contribution in [-0.4, -0.2) is 48.3 Å². The molecule has 0 saturated carbocycles. The van der Waals surface area contributed by atoms with Crippen molar-refractivity contribution in [3.8, 4) is 0 Å². The van der Waals surface area contributed by atoms with Gasteiger partial charge in [-0.15, -0.1) is 0 Å². The normalized spacial score (nSPS) is 24.0. The lowest BCUT2D eigenvalue weighted by molar-refractivity contribution is -0.0435. The van der Waals surface area contributed by atoms with Gasteiger partial charge in [-0.1, -0.05) is 12.1 Å². The molecule has 2 aliphatic rings. The van der Waals surface area contributed by atoms with Crippen molar-refractivity contribution in [1.29, 1.82) is 0 Å². The van der Waals surface area contributed by atoms with Crippen LogP contribution in [0, 0.1) is 19.3 Å². The van der Waals surface area contributed by atoms with Gasteiger partial charge in [0.15, 0.2) is 0 Å². The Morgan fingerprint density at radius 1 is 1.30 bits per heavy atom. The van der Waals surface area contributed by atoms with Gasteiger partial charge in [0.05, 0.1) is 12.6 Å². The number of carbonyl (C=O) groups is 1. The molecule has 0 radical (unpaired) electrons. The third-order valence-corrected chi connectivity index (χ3v) is 5.81. The average Bonchev–Trinajstić information content (AvgIpc) is 2.57. The number of likely N-dealkylation sites (tertiary alicyclic amines) is 1. The highest BCUT2D eigenvalue weighted by Gasteiger charge is 2.42. The van der Waals surface area contributed by atoms with Gasteiger partial charge in [-0.05, 0) is 62.1 Å². The topological polar surface area (TPSA) is 49.8 Å². The van der Waals surface area contributed by atoms with Gasteiger partial charge < -0.3 is 14.7 Å². The zero-order valence-electron chi connectivity index (χ0n) is 14.2. The molecule has 2 aliphatic heterocycles. The van der Waals surface area contributed by atoms with Crippen LogP contribution in [0.25, 0.3) is 0 Å². The fourth-order valence-corrected chi connectivity index (χ4v) is 3.98. The molecule has 0 aromatic heterocycles. The van der Waals surface area contributed by atoms with E-state index in [2.05, 4.69) is 0 Å². The molecule has 2 saturated heterocycles. The van der Waals surface area contributed by atoms with Gasteiger partial charge in [0, 0.05) is 25.3 Å². The third-order valence-electron chi connectivity index (χ3n) is 5.81. The molecule has 1 spiro atoms. The lowest BCUT2D eigenvalue weighted by atomic mass is 9.72. The van der Waals surface area contributed by atoms with Gasteiger partial charge in [0.25, 0.3) is 5.91 Å². The summed E-state index contributed by atoms with van der Waals surface area (Å²) in [6.07, 6.45) is 3.99. The molecule has 2 heterocycles. The Balaban J connectivity index is 1.87. The highest BCUT2D eigenvalue weighted by atomic mass is 16.5. The first-order valence-electron chi connectivity index (χ1n) is 8.62.